The lowest BCUT2D eigenvalue weighted by molar-refractivity contribution is -0.149. The van der Waals surface area contributed by atoms with E-state index in [1.54, 1.807) is 19.1 Å². The van der Waals surface area contributed by atoms with Crippen LogP contribution in [0.3, 0.4) is 0 Å². The van der Waals surface area contributed by atoms with Gasteiger partial charge in [-0.2, -0.15) is 0 Å². The number of aliphatic carboxylic acids is 1. The van der Waals surface area contributed by atoms with Gasteiger partial charge >= 0.3 is 5.97 Å². The van der Waals surface area contributed by atoms with Crippen LogP contribution in [0, 0.1) is 6.92 Å². The van der Waals surface area contributed by atoms with E-state index in [2.05, 4.69) is 4.99 Å². The third-order valence-electron chi connectivity index (χ3n) is 5.33. The molecule has 12 nitrogen and oxygen atoms in total. The molecule has 0 saturated carbocycles. The fourth-order valence-electron chi connectivity index (χ4n) is 3.68. The zero-order valence-corrected chi connectivity index (χ0v) is 19.2. The van der Waals surface area contributed by atoms with Crippen LogP contribution in [-0.2, 0) is 24.4 Å². The zero-order chi connectivity index (χ0) is 24.8. The fourth-order valence-corrected chi connectivity index (χ4v) is 5.28. The van der Waals surface area contributed by atoms with Crippen molar-refractivity contribution in [3.63, 3.8) is 0 Å². The summed E-state index contributed by atoms with van der Waals surface area (Å²) in [5, 5.41) is 9.88. The molecule has 1 aromatic carbocycles. The predicted molar refractivity (Wildman–Crippen MR) is 120 cm³/mol. The molecule has 0 aliphatic carbocycles. The van der Waals surface area contributed by atoms with E-state index in [4.69, 9.17) is 17.2 Å². The largest absolute Gasteiger partial charge is 0.480 e. The van der Waals surface area contributed by atoms with Gasteiger partial charge in [-0.15, -0.1) is 0 Å². The minimum Gasteiger partial charge on any atom is -0.480 e. The summed E-state index contributed by atoms with van der Waals surface area (Å²) >= 11 is 0. The van der Waals surface area contributed by atoms with Crippen LogP contribution >= 0.6 is 0 Å². The Labute approximate surface area is 192 Å². The summed E-state index contributed by atoms with van der Waals surface area (Å²) in [5.41, 5.74) is 16.8. The molecule has 0 bridgehead atoms. The smallest absolute Gasteiger partial charge is 0.327 e. The maximum absolute atomic E-state index is 13.5. The average Bonchev–Trinajstić information content (AvgIpc) is 3.24. The summed E-state index contributed by atoms with van der Waals surface area (Å²) in [6.07, 6.45) is 0.548. The van der Waals surface area contributed by atoms with Crippen LogP contribution in [-0.4, -0.2) is 78.2 Å². The number of carbonyl (C=O) groups excluding carboxylic acids is 2. The molecule has 0 radical (unpaired) electrons. The average molecular weight is 483 g/mol. The van der Waals surface area contributed by atoms with E-state index < -0.39 is 39.9 Å². The molecule has 1 aliphatic rings. The summed E-state index contributed by atoms with van der Waals surface area (Å²) in [4.78, 5) is 42.6. The molecular weight excluding hydrogens is 452 g/mol. The number of hydrogen-bond donors (Lipinski definition) is 4. The Hall–Kier alpha value is -3.19. The highest BCUT2D eigenvalue weighted by atomic mass is 32.2. The van der Waals surface area contributed by atoms with Gasteiger partial charge in [0, 0.05) is 13.1 Å². The number of carboxylic acid groups (broad SMARTS) is 1. The minimum atomic E-state index is -4.56. The monoisotopic (exact) mass is 482 g/mol. The summed E-state index contributed by atoms with van der Waals surface area (Å²) in [7, 11) is -4.56. The molecule has 0 unspecified atom stereocenters. The lowest BCUT2D eigenvalue weighted by atomic mass is 10.1. The number of nitrogens with two attached hydrogens (primary N) is 3. The van der Waals surface area contributed by atoms with Crippen molar-refractivity contribution in [3.05, 3.63) is 29.8 Å². The molecule has 1 heterocycles. The SMILES string of the molecule is Cc1ccc(S(=O)(=O)N(C(=O)[C@@H]2CCCN2C(=O)CN)[C@@H](CCCN=C(N)N)C(=O)O)cc1. The molecule has 182 valence electrons. The zero-order valence-electron chi connectivity index (χ0n) is 18.4. The van der Waals surface area contributed by atoms with Crippen LogP contribution in [0.25, 0.3) is 0 Å². The quantitative estimate of drug-likeness (QED) is 0.183. The number of benzene rings is 1. The van der Waals surface area contributed by atoms with Crippen molar-refractivity contribution >= 4 is 33.8 Å². The number of likely N-dealkylation sites (tertiary alicyclic amines) is 1. The highest BCUT2D eigenvalue weighted by Gasteiger charge is 2.45. The summed E-state index contributed by atoms with van der Waals surface area (Å²) in [6, 6.07) is 2.86. The Kier molecular flexibility index (Phi) is 8.76. The van der Waals surface area contributed by atoms with Gasteiger partial charge in [0.15, 0.2) is 5.96 Å². The third-order valence-corrected chi connectivity index (χ3v) is 7.15. The van der Waals surface area contributed by atoms with Crippen molar-refractivity contribution in [1.29, 1.82) is 0 Å². The van der Waals surface area contributed by atoms with Gasteiger partial charge < -0.3 is 27.2 Å². The lowest BCUT2D eigenvalue weighted by Gasteiger charge is -2.33. The van der Waals surface area contributed by atoms with Crippen LogP contribution in [0.5, 0.6) is 0 Å². The molecule has 0 aromatic heterocycles. The molecule has 1 saturated heterocycles. The van der Waals surface area contributed by atoms with Crippen molar-refractivity contribution in [3.8, 4) is 0 Å². The molecule has 2 atom stereocenters. The molecule has 2 rings (SSSR count). The number of sulfonamides is 1. The van der Waals surface area contributed by atoms with Crippen molar-refractivity contribution in [2.24, 2.45) is 22.2 Å². The van der Waals surface area contributed by atoms with Crippen LogP contribution in [0.4, 0.5) is 0 Å². The second-order valence-corrected chi connectivity index (χ2v) is 9.52. The van der Waals surface area contributed by atoms with Crippen molar-refractivity contribution < 1.29 is 27.9 Å². The second kappa shape index (κ2) is 11.1. The van der Waals surface area contributed by atoms with E-state index in [1.807, 2.05) is 0 Å². The summed E-state index contributed by atoms with van der Waals surface area (Å²) in [6.45, 7) is 1.69. The standard InChI is InChI=1S/C20H30N6O6S/c1-13-6-8-14(9-7-13)33(31,32)26(16(19(29)30)4-2-10-24-20(22)23)18(28)15-5-3-11-25(15)17(27)12-21/h6-9,15-16H,2-5,10-12,21H2,1H3,(H,29,30)(H4,22,23,24)/t15-,16-/m0/s1. The topological polar surface area (TPSA) is 202 Å². The Morgan fingerprint density at radius 2 is 1.88 bits per heavy atom. The number of amides is 2. The van der Waals surface area contributed by atoms with Crippen molar-refractivity contribution in [1.82, 2.24) is 9.21 Å². The van der Waals surface area contributed by atoms with Gasteiger partial charge in [-0.05, 0) is 44.7 Å². The molecule has 1 aliphatic heterocycles. The van der Waals surface area contributed by atoms with E-state index in [0.717, 1.165) is 5.56 Å². The van der Waals surface area contributed by atoms with Gasteiger partial charge in [-0.25, -0.2) is 17.5 Å². The number of aryl methyl sites for hydroxylation is 1. The van der Waals surface area contributed by atoms with Gasteiger partial charge in [0.1, 0.15) is 12.1 Å². The Morgan fingerprint density at radius 3 is 2.42 bits per heavy atom. The number of carboxylic acids is 1. The summed E-state index contributed by atoms with van der Waals surface area (Å²) in [5.74, 6) is -3.19. The molecule has 0 spiro atoms. The highest BCUT2D eigenvalue weighted by Crippen LogP contribution is 2.27. The molecule has 1 fully saturated rings. The first kappa shape index (κ1) is 26.1. The van der Waals surface area contributed by atoms with E-state index in [-0.39, 0.29) is 49.8 Å². The fraction of sp³-hybridized carbons (Fsp3) is 0.500. The van der Waals surface area contributed by atoms with Crippen LogP contribution in [0.15, 0.2) is 34.2 Å². The number of hydrogen-bond acceptors (Lipinski definition) is 7. The number of aliphatic imine (C=N–C) groups is 1. The van der Waals surface area contributed by atoms with Gasteiger partial charge in [0.25, 0.3) is 15.9 Å². The normalized spacial score (nSPS) is 16.8. The molecule has 1 aromatic rings. The predicted octanol–water partition coefficient (Wildman–Crippen LogP) is -1.03. The van der Waals surface area contributed by atoms with Crippen LogP contribution in [0.2, 0.25) is 0 Å². The van der Waals surface area contributed by atoms with E-state index in [9.17, 15) is 27.9 Å². The van der Waals surface area contributed by atoms with Crippen molar-refractivity contribution in [2.75, 3.05) is 19.6 Å². The molecule has 2 amide bonds. The highest BCUT2D eigenvalue weighted by molar-refractivity contribution is 7.89. The van der Waals surface area contributed by atoms with E-state index >= 15 is 0 Å². The maximum Gasteiger partial charge on any atom is 0.327 e. The number of rotatable bonds is 10. The molecular formula is C20H30N6O6S. The first-order valence-corrected chi connectivity index (χ1v) is 11.9. The van der Waals surface area contributed by atoms with E-state index in [1.165, 1.54) is 17.0 Å². The first-order valence-electron chi connectivity index (χ1n) is 10.4. The van der Waals surface area contributed by atoms with Gasteiger partial charge in [0.05, 0.1) is 11.4 Å². The lowest BCUT2D eigenvalue weighted by Crippen LogP contribution is -2.56. The second-order valence-electron chi connectivity index (χ2n) is 7.70. The number of carbonyl (C=O) groups is 3. The first-order chi connectivity index (χ1) is 15.5. The van der Waals surface area contributed by atoms with Crippen LogP contribution in [0.1, 0.15) is 31.2 Å². The maximum atomic E-state index is 13.5. The van der Waals surface area contributed by atoms with Gasteiger partial charge in [-0.1, -0.05) is 17.7 Å². The minimum absolute atomic E-state index is 0.0555. The van der Waals surface area contributed by atoms with Crippen molar-refractivity contribution in [2.45, 2.75) is 49.6 Å². The summed E-state index contributed by atoms with van der Waals surface area (Å²) < 4.78 is 27.4. The van der Waals surface area contributed by atoms with E-state index in [0.29, 0.717) is 10.7 Å². The Morgan fingerprint density at radius 1 is 1.24 bits per heavy atom. The van der Waals surface area contributed by atoms with Crippen LogP contribution < -0.4 is 17.2 Å². The van der Waals surface area contributed by atoms with Gasteiger partial charge in [-0.3, -0.25) is 14.6 Å². The number of guanidine groups is 1. The number of nitrogens with zero attached hydrogens (tertiary/aromatic N) is 3. The Balaban J connectivity index is 2.50. The Bertz CT molecular complexity index is 1010. The molecule has 13 heteroatoms. The molecule has 33 heavy (non-hydrogen) atoms. The molecule has 7 N–H and O–H groups in total. The van der Waals surface area contributed by atoms with Gasteiger partial charge in [0.2, 0.25) is 5.91 Å². The third kappa shape index (κ3) is 6.20.